The molecule has 1 aromatic carbocycles. The summed E-state index contributed by atoms with van der Waals surface area (Å²) in [6.45, 7) is 2.30. The summed E-state index contributed by atoms with van der Waals surface area (Å²) in [5, 5.41) is 0.525. The zero-order chi connectivity index (χ0) is 13.8. The lowest BCUT2D eigenvalue weighted by atomic mass is 9.99. The van der Waals surface area contributed by atoms with Crippen LogP contribution in [0.4, 0.5) is 5.69 Å². The summed E-state index contributed by atoms with van der Waals surface area (Å²) < 4.78 is 5.32. The van der Waals surface area contributed by atoms with Gasteiger partial charge in [0.25, 0.3) is 5.91 Å². The van der Waals surface area contributed by atoms with Crippen molar-refractivity contribution in [2.24, 2.45) is 5.92 Å². The Bertz CT molecular complexity index is 459. The maximum Gasteiger partial charge on any atom is 0.255 e. The molecule has 2 N–H and O–H groups in total. The molecule has 4 nitrogen and oxygen atoms in total. The first-order valence-electron chi connectivity index (χ1n) is 6.46. The van der Waals surface area contributed by atoms with Crippen molar-refractivity contribution in [1.82, 2.24) is 4.90 Å². The highest BCUT2D eigenvalue weighted by atomic mass is 35.5. The van der Waals surface area contributed by atoms with E-state index in [1.54, 1.807) is 30.1 Å². The molecule has 1 fully saturated rings. The molecule has 0 saturated carbocycles. The zero-order valence-corrected chi connectivity index (χ0v) is 11.8. The van der Waals surface area contributed by atoms with Gasteiger partial charge in [0.2, 0.25) is 0 Å². The number of nitrogens with zero attached hydrogens (tertiary/aromatic N) is 1. The maximum atomic E-state index is 12.3. The minimum atomic E-state index is -0.0773. The largest absolute Gasteiger partial charge is 0.398 e. The third kappa shape index (κ3) is 3.61. The number of ether oxygens (including phenoxy) is 1. The summed E-state index contributed by atoms with van der Waals surface area (Å²) in [6, 6.07) is 4.98. The molecule has 1 heterocycles. The third-order valence-corrected chi connectivity index (χ3v) is 3.70. The van der Waals surface area contributed by atoms with Gasteiger partial charge in [-0.15, -0.1) is 0 Å². The maximum absolute atomic E-state index is 12.3. The van der Waals surface area contributed by atoms with E-state index >= 15 is 0 Å². The molecule has 1 aromatic rings. The molecule has 0 bridgehead atoms. The summed E-state index contributed by atoms with van der Waals surface area (Å²) in [4.78, 5) is 14.1. The van der Waals surface area contributed by atoms with Crippen molar-refractivity contribution in [3.63, 3.8) is 0 Å². The van der Waals surface area contributed by atoms with Gasteiger partial charge in [0.05, 0.1) is 5.56 Å². The van der Waals surface area contributed by atoms with Crippen LogP contribution in [-0.2, 0) is 4.74 Å². The van der Waals surface area contributed by atoms with Crippen molar-refractivity contribution in [1.29, 1.82) is 0 Å². The van der Waals surface area contributed by atoms with Gasteiger partial charge in [-0.25, -0.2) is 0 Å². The highest BCUT2D eigenvalue weighted by Gasteiger charge is 2.20. The van der Waals surface area contributed by atoms with Crippen molar-refractivity contribution in [3.05, 3.63) is 28.8 Å². The van der Waals surface area contributed by atoms with Crippen LogP contribution < -0.4 is 5.73 Å². The van der Waals surface area contributed by atoms with Gasteiger partial charge in [-0.2, -0.15) is 0 Å². The number of nitrogens with two attached hydrogens (primary N) is 1. The van der Waals surface area contributed by atoms with E-state index in [2.05, 4.69) is 0 Å². The van der Waals surface area contributed by atoms with Crippen molar-refractivity contribution in [2.45, 2.75) is 12.8 Å². The summed E-state index contributed by atoms with van der Waals surface area (Å²) in [7, 11) is 1.80. The second kappa shape index (κ2) is 6.26. The Balaban J connectivity index is 2.03. The highest BCUT2D eigenvalue weighted by molar-refractivity contribution is 6.31. The second-order valence-electron chi connectivity index (χ2n) is 4.97. The van der Waals surface area contributed by atoms with Gasteiger partial charge in [-0.3, -0.25) is 4.79 Å². The van der Waals surface area contributed by atoms with Crippen molar-refractivity contribution in [2.75, 3.05) is 32.5 Å². The van der Waals surface area contributed by atoms with Gasteiger partial charge < -0.3 is 15.4 Å². The molecular weight excluding hydrogens is 264 g/mol. The number of nitrogen functional groups attached to an aromatic ring is 1. The van der Waals surface area contributed by atoms with Crippen LogP contribution in [0.5, 0.6) is 0 Å². The second-order valence-corrected chi connectivity index (χ2v) is 5.41. The summed E-state index contributed by atoms with van der Waals surface area (Å²) in [6.07, 6.45) is 2.01. The van der Waals surface area contributed by atoms with Gasteiger partial charge in [-0.05, 0) is 37.0 Å². The first kappa shape index (κ1) is 14.2. The molecule has 1 saturated heterocycles. The third-order valence-electron chi connectivity index (χ3n) is 3.47. The molecule has 104 valence electrons. The molecule has 0 spiro atoms. The lowest BCUT2D eigenvalue weighted by Gasteiger charge is -2.27. The SMILES string of the molecule is CN(CC1CCOCC1)C(=O)c1cc(Cl)ccc1N. The Labute approximate surface area is 118 Å². The van der Waals surface area contributed by atoms with Crippen molar-refractivity contribution < 1.29 is 9.53 Å². The van der Waals surface area contributed by atoms with E-state index in [1.165, 1.54) is 0 Å². The number of carbonyl (C=O) groups excluding carboxylic acids is 1. The zero-order valence-electron chi connectivity index (χ0n) is 11.1. The van der Waals surface area contributed by atoms with Crippen molar-refractivity contribution in [3.8, 4) is 0 Å². The first-order chi connectivity index (χ1) is 9.08. The number of halogens is 1. The number of rotatable bonds is 3. The molecule has 0 unspecified atom stereocenters. The van der Waals surface area contributed by atoms with E-state index in [9.17, 15) is 4.79 Å². The van der Waals surface area contributed by atoms with Gasteiger partial charge in [0.15, 0.2) is 0 Å². The van der Waals surface area contributed by atoms with Gasteiger partial charge >= 0.3 is 0 Å². The molecule has 0 radical (unpaired) electrons. The Kier molecular flexibility index (Phi) is 4.66. The van der Waals surface area contributed by atoms with Crippen LogP contribution in [0.15, 0.2) is 18.2 Å². The van der Waals surface area contributed by atoms with Crippen LogP contribution in [0.2, 0.25) is 5.02 Å². The number of benzene rings is 1. The first-order valence-corrected chi connectivity index (χ1v) is 6.84. The van der Waals surface area contributed by atoms with Gasteiger partial charge in [0, 0.05) is 37.5 Å². The molecule has 1 aliphatic rings. The van der Waals surface area contributed by atoms with Crippen molar-refractivity contribution >= 4 is 23.2 Å². The standard InChI is InChI=1S/C14H19ClN2O2/c1-17(9-10-4-6-19-7-5-10)14(18)12-8-11(15)2-3-13(12)16/h2-3,8,10H,4-7,9,16H2,1H3. The average molecular weight is 283 g/mol. The quantitative estimate of drug-likeness (QED) is 0.866. The minimum absolute atomic E-state index is 0.0773. The van der Waals surface area contributed by atoms with Crippen LogP contribution in [0.1, 0.15) is 23.2 Å². The summed E-state index contributed by atoms with van der Waals surface area (Å²) in [5.74, 6) is 0.426. The summed E-state index contributed by atoms with van der Waals surface area (Å²) in [5.41, 5.74) is 6.78. The van der Waals surface area contributed by atoms with Crippen LogP contribution in [0, 0.1) is 5.92 Å². The lowest BCUT2D eigenvalue weighted by Crippen LogP contribution is -2.34. The van der Waals surface area contributed by atoms with Crippen LogP contribution in [-0.4, -0.2) is 37.6 Å². The molecule has 0 aromatic heterocycles. The Morgan fingerprint density at radius 1 is 1.47 bits per heavy atom. The minimum Gasteiger partial charge on any atom is -0.398 e. The molecular formula is C14H19ClN2O2. The number of anilines is 1. The van der Waals surface area contributed by atoms with E-state index < -0.39 is 0 Å². The van der Waals surface area contributed by atoms with Crippen LogP contribution in [0.25, 0.3) is 0 Å². The number of hydrogen-bond acceptors (Lipinski definition) is 3. The predicted molar refractivity (Wildman–Crippen MR) is 76.4 cm³/mol. The molecule has 5 heteroatoms. The molecule has 0 atom stereocenters. The van der Waals surface area contributed by atoms with Gasteiger partial charge in [-0.1, -0.05) is 11.6 Å². The Morgan fingerprint density at radius 2 is 2.16 bits per heavy atom. The fourth-order valence-corrected chi connectivity index (χ4v) is 2.49. The molecule has 1 aliphatic heterocycles. The fraction of sp³-hybridized carbons (Fsp3) is 0.500. The van der Waals surface area contributed by atoms with E-state index in [0.717, 1.165) is 32.6 Å². The van der Waals surface area contributed by atoms with Crippen LogP contribution in [0.3, 0.4) is 0 Å². The Morgan fingerprint density at radius 3 is 2.84 bits per heavy atom. The lowest BCUT2D eigenvalue weighted by molar-refractivity contribution is 0.0497. The van der Waals surface area contributed by atoms with E-state index in [0.29, 0.717) is 22.2 Å². The highest BCUT2D eigenvalue weighted by Crippen LogP contribution is 2.21. The Hall–Kier alpha value is -1.26. The number of hydrogen-bond donors (Lipinski definition) is 1. The molecule has 19 heavy (non-hydrogen) atoms. The normalized spacial score (nSPS) is 16.3. The average Bonchev–Trinajstić information content (AvgIpc) is 2.42. The predicted octanol–water partition coefficient (Wildman–Crippen LogP) is 2.42. The number of amides is 1. The van der Waals surface area contributed by atoms with E-state index in [1.807, 2.05) is 0 Å². The fourth-order valence-electron chi connectivity index (χ4n) is 2.32. The topological polar surface area (TPSA) is 55.6 Å². The molecule has 1 amide bonds. The van der Waals surface area contributed by atoms with E-state index in [-0.39, 0.29) is 5.91 Å². The van der Waals surface area contributed by atoms with Gasteiger partial charge in [0.1, 0.15) is 0 Å². The van der Waals surface area contributed by atoms with Crippen LogP contribution >= 0.6 is 11.6 Å². The summed E-state index contributed by atoms with van der Waals surface area (Å²) >= 11 is 5.91. The number of carbonyl (C=O) groups is 1. The van der Waals surface area contributed by atoms with E-state index in [4.69, 9.17) is 22.1 Å². The monoisotopic (exact) mass is 282 g/mol. The molecule has 0 aliphatic carbocycles. The smallest absolute Gasteiger partial charge is 0.255 e. The molecule has 2 rings (SSSR count).